The fraction of sp³-hybridized carbons (Fsp3) is 0.381. The van der Waals surface area contributed by atoms with Crippen LogP contribution in [-0.4, -0.2) is 46.3 Å². The van der Waals surface area contributed by atoms with E-state index in [-0.39, 0.29) is 11.7 Å². The van der Waals surface area contributed by atoms with Crippen molar-refractivity contribution in [1.82, 2.24) is 9.88 Å². The van der Waals surface area contributed by atoms with Gasteiger partial charge in [0.05, 0.1) is 0 Å². The minimum atomic E-state index is -1.04. The fourth-order valence-corrected chi connectivity index (χ4v) is 3.21. The van der Waals surface area contributed by atoms with Crippen molar-refractivity contribution in [3.8, 4) is 5.75 Å². The van der Waals surface area contributed by atoms with E-state index >= 15 is 0 Å². The molecule has 0 unspecified atom stereocenters. The smallest absolute Gasteiger partial charge is 0.341 e. The molecule has 1 amide bonds. The third-order valence-corrected chi connectivity index (χ3v) is 4.41. The van der Waals surface area contributed by atoms with E-state index in [0.29, 0.717) is 35.7 Å². The molecule has 7 nitrogen and oxygen atoms in total. The minimum absolute atomic E-state index is 0.0455. The fourth-order valence-electron chi connectivity index (χ4n) is 3.21. The number of nitrogens with zero attached hydrogens (tertiary/aromatic N) is 1. The van der Waals surface area contributed by atoms with Crippen molar-refractivity contribution in [2.24, 2.45) is 0 Å². The normalized spacial score (nSPS) is 10.6. The quantitative estimate of drug-likeness (QED) is 0.645. The molecule has 1 heterocycles. The second-order valence-corrected chi connectivity index (χ2v) is 6.77. The summed E-state index contributed by atoms with van der Waals surface area (Å²) in [5.74, 6) is -0.805. The first kappa shape index (κ1) is 21.2. The Balaban J connectivity index is 2.15. The summed E-state index contributed by atoms with van der Waals surface area (Å²) in [6.45, 7) is 5.31. The molecule has 28 heavy (non-hydrogen) atoms. The molecule has 2 N–H and O–H groups in total. The van der Waals surface area contributed by atoms with E-state index in [0.717, 1.165) is 17.5 Å². The lowest BCUT2D eigenvalue weighted by molar-refractivity contribution is -0.139. The molecule has 1 aromatic carbocycles. The molecule has 0 aliphatic heterocycles. The molecular weight excluding hydrogens is 360 g/mol. The van der Waals surface area contributed by atoms with Crippen molar-refractivity contribution in [3.63, 3.8) is 0 Å². The van der Waals surface area contributed by atoms with Crippen LogP contribution >= 0.6 is 0 Å². The number of aromatic nitrogens is 1. The molecule has 0 bridgehead atoms. The Morgan fingerprint density at radius 3 is 2.36 bits per heavy atom. The zero-order chi connectivity index (χ0) is 20.8. The summed E-state index contributed by atoms with van der Waals surface area (Å²) in [5.41, 5.74) is 3.45. The number of hydrogen-bond acceptors (Lipinski definition) is 4. The molecule has 150 valence electrons. The Labute approximate surface area is 164 Å². The number of amides is 1. The third kappa shape index (κ3) is 5.00. The van der Waals surface area contributed by atoms with Gasteiger partial charge in [-0.05, 0) is 43.5 Å². The summed E-state index contributed by atoms with van der Waals surface area (Å²) in [7, 11) is 1.70. The SMILES string of the molecule is CCCc1c(C(=O)N(C)Cc2ccc(OCC(=O)O)cc2)[nH]c(C)c1C(C)=O. The number of benzene rings is 1. The largest absolute Gasteiger partial charge is 0.482 e. The maximum absolute atomic E-state index is 13.0. The van der Waals surface area contributed by atoms with Gasteiger partial charge in [0.15, 0.2) is 12.4 Å². The van der Waals surface area contributed by atoms with Crippen LogP contribution in [0.2, 0.25) is 0 Å². The predicted molar refractivity (Wildman–Crippen MR) is 105 cm³/mol. The Morgan fingerprint density at radius 1 is 1.18 bits per heavy atom. The third-order valence-electron chi connectivity index (χ3n) is 4.41. The first-order valence-corrected chi connectivity index (χ1v) is 9.15. The predicted octanol–water partition coefficient (Wildman–Crippen LogP) is 3.21. The minimum Gasteiger partial charge on any atom is -0.482 e. The molecule has 0 saturated carbocycles. The van der Waals surface area contributed by atoms with Crippen LogP contribution in [0.1, 0.15) is 57.9 Å². The molecule has 0 atom stereocenters. The number of carbonyl (C=O) groups excluding carboxylic acids is 2. The number of rotatable bonds is 9. The number of aliphatic carboxylic acids is 1. The van der Waals surface area contributed by atoms with E-state index in [2.05, 4.69) is 4.98 Å². The molecule has 0 saturated heterocycles. The van der Waals surface area contributed by atoms with Crippen molar-refractivity contribution in [3.05, 3.63) is 52.3 Å². The lowest BCUT2D eigenvalue weighted by Crippen LogP contribution is -2.27. The van der Waals surface area contributed by atoms with Gasteiger partial charge in [0.1, 0.15) is 11.4 Å². The maximum Gasteiger partial charge on any atom is 0.341 e. The highest BCUT2D eigenvalue weighted by Crippen LogP contribution is 2.23. The van der Waals surface area contributed by atoms with Gasteiger partial charge < -0.3 is 19.7 Å². The van der Waals surface area contributed by atoms with Crippen molar-refractivity contribution in [1.29, 1.82) is 0 Å². The molecular formula is C21H26N2O5. The average Bonchev–Trinajstić information content (AvgIpc) is 2.97. The lowest BCUT2D eigenvalue weighted by atomic mass is 10.0. The summed E-state index contributed by atoms with van der Waals surface area (Å²) in [6.07, 6.45) is 1.49. The van der Waals surface area contributed by atoms with Gasteiger partial charge in [-0.2, -0.15) is 0 Å². The van der Waals surface area contributed by atoms with Crippen LogP contribution in [0.4, 0.5) is 0 Å². The van der Waals surface area contributed by atoms with Gasteiger partial charge in [0.25, 0.3) is 5.91 Å². The zero-order valence-electron chi connectivity index (χ0n) is 16.7. The van der Waals surface area contributed by atoms with E-state index < -0.39 is 12.6 Å². The van der Waals surface area contributed by atoms with Crippen LogP contribution in [0.25, 0.3) is 0 Å². The molecule has 7 heteroatoms. The van der Waals surface area contributed by atoms with Crippen molar-refractivity contribution >= 4 is 17.7 Å². The highest BCUT2D eigenvalue weighted by atomic mass is 16.5. The number of aromatic amines is 1. The summed E-state index contributed by atoms with van der Waals surface area (Å²) in [5, 5.41) is 8.64. The first-order valence-electron chi connectivity index (χ1n) is 9.15. The number of ether oxygens (including phenoxy) is 1. The molecule has 2 rings (SSSR count). The van der Waals surface area contributed by atoms with E-state index in [1.54, 1.807) is 36.2 Å². The van der Waals surface area contributed by atoms with Gasteiger partial charge in [-0.3, -0.25) is 9.59 Å². The number of hydrogen-bond donors (Lipinski definition) is 2. The van der Waals surface area contributed by atoms with Gasteiger partial charge in [0.2, 0.25) is 0 Å². The van der Waals surface area contributed by atoms with Crippen molar-refractivity contribution in [2.45, 2.75) is 40.2 Å². The molecule has 0 fully saturated rings. The van der Waals surface area contributed by atoms with Gasteiger partial charge in [-0.15, -0.1) is 0 Å². The molecule has 0 aliphatic rings. The van der Waals surface area contributed by atoms with E-state index in [9.17, 15) is 14.4 Å². The first-order chi connectivity index (χ1) is 13.2. The Bertz CT molecular complexity index is 868. The lowest BCUT2D eigenvalue weighted by Gasteiger charge is -2.18. The standard InChI is InChI=1S/C21H26N2O5/c1-5-6-17-19(14(3)24)13(2)22-20(17)21(27)23(4)11-15-7-9-16(10-8-15)28-12-18(25)26/h7-10,22H,5-6,11-12H2,1-4H3,(H,25,26). The zero-order valence-corrected chi connectivity index (χ0v) is 16.7. The summed E-state index contributed by atoms with van der Waals surface area (Å²) < 4.78 is 5.11. The number of H-pyrrole nitrogens is 1. The van der Waals surface area contributed by atoms with Gasteiger partial charge in [-0.1, -0.05) is 25.5 Å². The van der Waals surface area contributed by atoms with Gasteiger partial charge >= 0.3 is 5.97 Å². The van der Waals surface area contributed by atoms with Gasteiger partial charge in [0, 0.05) is 24.8 Å². The second kappa shape index (κ2) is 9.21. The summed E-state index contributed by atoms with van der Waals surface area (Å²) >= 11 is 0. The highest BCUT2D eigenvalue weighted by molar-refractivity contribution is 6.02. The molecule has 2 aromatic rings. The number of nitrogens with one attached hydrogen (secondary N) is 1. The number of ketones is 1. The van der Waals surface area contributed by atoms with Gasteiger partial charge in [-0.25, -0.2) is 4.79 Å². The summed E-state index contributed by atoms with van der Waals surface area (Å²) in [4.78, 5) is 40.2. The Kier molecular flexibility index (Phi) is 6.98. The van der Waals surface area contributed by atoms with Crippen LogP contribution in [0.3, 0.4) is 0 Å². The average molecular weight is 386 g/mol. The highest BCUT2D eigenvalue weighted by Gasteiger charge is 2.24. The maximum atomic E-state index is 13.0. The monoisotopic (exact) mass is 386 g/mol. The topological polar surface area (TPSA) is 99.7 Å². The van der Waals surface area contributed by atoms with Crippen LogP contribution in [0, 0.1) is 6.92 Å². The number of aryl methyl sites for hydroxylation is 1. The number of carboxylic acid groups (broad SMARTS) is 1. The molecule has 0 spiro atoms. The molecule has 0 radical (unpaired) electrons. The molecule has 1 aromatic heterocycles. The number of carbonyl (C=O) groups is 3. The van der Waals surface area contributed by atoms with Crippen LogP contribution in [0.5, 0.6) is 5.75 Å². The molecule has 0 aliphatic carbocycles. The summed E-state index contributed by atoms with van der Waals surface area (Å²) in [6, 6.07) is 6.92. The van der Waals surface area contributed by atoms with Crippen molar-refractivity contribution in [2.75, 3.05) is 13.7 Å². The number of Topliss-reactive ketones (excluding diaryl/α,β-unsaturated/α-hetero) is 1. The Morgan fingerprint density at radius 2 is 1.82 bits per heavy atom. The Hall–Kier alpha value is -3.09. The van der Waals surface area contributed by atoms with Crippen molar-refractivity contribution < 1.29 is 24.2 Å². The second-order valence-electron chi connectivity index (χ2n) is 6.77. The van der Waals surface area contributed by atoms with Crippen LogP contribution < -0.4 is 4.74 Å². The van der Waals surface area contributed by atoms with Crippen LogP contribution in [0.15, 0.2) is 24.3 Å². The van der Waals surface area contributed by atoms with E-state index in [1.807, 2.05) is 13.8 Å². The van der Waals surface area contributed by atoms with E-state index in [1.165, 1.54) is 6.92 Å². The number of carboxylic acids is 1. The van der Waals surface area contributed by atoms with Crippen LogP contribution in [-0.2, 0) is 17.8 Å². The van der Waals surface area contributed by atoms with E-state index in [4.69, 9.17) is 9.84 Å².